The number of benzene rings is 2. The summed E-state index contributed by atoms with van der Waals surface area (Å²) in [4.78, 5) is 2.82. The zero-order valence-electron chi connectivity index (χ0n) is 11.7. The van der Waals surface area contributed by atoms with Gasteiger partial charge in [-0.2, -0.15) is 0 Å². The second-order valence-electron chi connectivity index (χ2n) is 4.71. The van der Waals surface area contributed by atoms with E-state index in [4.69, 9.17) is 4.74 Å². The maximum Gasteiger partial charge on any atom is 0.265 e. The first-order valence-corrected chi connectivity index (χ1v) is 7.95. The van der Waals surface area contributed by atoms with Gasteiger partial charge in [0.1, 0.15) is 10.6 Å². The van der Waals surface area contributed by atoms with Crippen molar-refractivity contribution in [3.8, 4) is 11.6 Å². The number of sulfonamides is 1. The summed E-state index contributed by atoms with van der Waals surface area (Å²) in [5.74, 6) is 0.301. The standard InChI is InChI=1S/C15H14N2O4S/c1-21-13-4-2-3-5-14(13)22(19,20)17-11-6-7-12-10(8-11)9-15(18)16-12/h2-9,16-18H,1H3. The van der Waals surface area contributed by atoms with Gasteiger partial charge in [-0.05, 0) is 30.3 Å². The van der Waals surface area contributed by atoms with Crippen molar-refractivity contribution in [3.63, 3.8) is 0 Å². The van der Waals surface area contributed by atoms with Crippen LogP contribution in [-0.2, 0) is 10.0 Å². The van der Waals surface area contributed by atoms with Crippen LogP contribution < -0.4 is 9.46 Å². The van der Waals surface area contributed by atoms with Crippen LogP contribution in [0.1, 0.15) is 0 Å². The molecule has 7 heteroatoms. The summed E-state index contributed by atoms with van der Waals surface area (Å²) in [6, 6.07) is 12.9. The second-order valence-corrected chi connectivity index (χ2v) is 6.36. The molecule has 0 radical (unpaired) electrons. The fraction of sp³-hybridized carbons (Fsp3) is 0.0667. The van der Waals surface area contributed by atoms with E-state index >= 15 is 0 Å². The van der Waals surface area contributed by atoms with Crippen LogP contribution in [0.25, 0.3) is 10.9 Å². The van der Waals surface area contributed by atoms with Crippen LogP contribution in [0.2, 0.25) is 0 Å². The topological polar surface area (TPSA) is 91.4 Å². The highest BCUT2D eigenvalue weighted by Gasteiger charge is 2.19. The predicted octanol–water partition coefficient (Wildman–Crippen LogP) is 2.68. The number of rotatable bonds is 4. The molecule has 0 atom stereocenters. The minimum atomic E-state index is -3.77. The van der Waals surface area contributed by atoms with E-state index in [2.05, 4.69) is 9.71 Å². The highest BCUT2D eigenvalue weighted by Crippen LogP contribution is 2.27. The molecule has 0 unspecified atom stereocenters. The molecule has 3 N–H and O–H groups in total. The molecule has 22 heavy (non-hydrogen) atoms. The second kappa shape index (κ2) is 5.27. The summed E-state index contributed by atoms with van der Waals surface area (Å²) in [5, 5.41) is 10.1. The molecule has 0 saturated heterocycles. The molecule has 0 amide bonds. The quantitative estimate of drug-likeness (QED) is 0.689. The number of ether oxygens (including phenoxy) is 1. The Morgan fingerprint density at radius 1 is 1.14 bits per heavy atom. The normalized spacial score (nSPS) is 11.5. The molecule has 0 aliphatic carbocycles. The molecule has 0 saturated carbocycles. The number of fused-ring (bicyclic) bond motifs is 1. The summed E-state index contributed by atoms with van der Waals surface area (Å²) in [7, 11) is -2.35. The first-order chi connectivity index (χ1) is 10.5. The van der Waals surface area contributed by atoms with Gasteiger partial charge in [-0.25, -0.2) is 8.42 Å². The lowest BCUT2D eigenvalue weighted by Gasteiger charge is -2.11. The highest BCUT2D eigenvalue weighted by molar-refractivity contribution is 7.92. The molecule has 0 aliphatic rings. The van der Waals surface area contributed by atoms with E-state index in [0.717, 1.165) is 5.52 Å². The lowest BCUT2D eigenvalue weighted by Crippen LogP contribution is -2.13. The Kier molecular flexibility index (Phi) is 3.42. The molecular formula is C15H14N2O4S. The Hall–Kier alpha value is -2.67. The Morgan fingerprint density at radius 3 is 2.68 bits per heavy atom. The van der Waals surface area contributed by atoms with Crippen molar-refractivity contribution in [2.24, 2.45) is 0 Å². The lowest BCUT2D eigenvalue weighted by atomic mass is 10.2. The van der Waals surface area contributed by atoms with E-state index in [1.807, 2.05) is 0 Å². The van der Waals surface area contributed by atoms with Crippen LogP contribution in [0.4, 0.5) is 5.69 Å². The summed E-state index contributed by atoms with van der Waals surface area (Å²) in [6.45, 7) is 0. The number of aromatic amines is 1. The van der Waals surface area contributed by atoms with Crippen molar-refractivity contribution in [3.05, 3.63) is 48.5 Å². The number of para-hydroxylation sites is 1. The van der Waals surface area contributed by atoms with Crippen molar-refractivity contribution < 1.29 is 18.3 Å². The number of H-pyrrole nitrogens is 1. The number of aromatic nitrogens is 1. The minimum Gasteiger partial charge on any atom is -0.495 e. The Morgan fingerprint density at radius 2 is 1.91 bits per heavy atom. The molecule has 3 aromatic rings. The molecule has 3 rings (SSSR count). The summed E-state index contributed by atoms with van der Waals surface area (Å²) < 4.78 is 32.5. The molecule has 0 spiro atoms. The average molecular weight is 318 g/mol. The van der Waals surface area contributed by atoms with Gasteiger partial charge in [0.2, 0.25) is 0 Å². The van der Waals surface area contributed by atoms with Crippen molar-refractivity contribution >= 4 is 26.6 Å². The molecule has 1 aromatic heterocycles. The Labute approximate surface area is 127 Å². The smallest absolute Gasteiger partial charge is 0.265 e. The van der Waals surface area contributed by atoms with Gasteiger partial charge in [0, 0.05) is 22.7 Å². The van der Waals surface area contributed by atoms with Crippen LogP contribution in [0.3, 0.4) is 0 Å². The number of anilines is 1. The molecule has 2 aromatic carbocycles. The lowest BCUT2D eigenvalue weighted by molar-refractivity contribution is 0.403. The fourth-order valence-electron chi connectivity index (χ4n) is 2.23. The third-order valence-corrected chi connectivity index (χ3v) is 4.64. The van der Waals surface area contributed by atoms with Crippen LogP contribution in [-0.4, -0.2) is 25.6 Å². The molecular weight excluding hydrogens is 304 g/mol. The molecule has 0 aliphatic heterocycles. The molecule has 0 fully saturated rings. The third-order valence-electron chi connectivity index (χ3n) is 3.22. The Balaban J connectivity index is 1.98. The van der Waals surface area contributed by atoms with Gasteiger partial charge in [0.25, 0.3) is 10.0 Å². The monoisotopic (exact) mass is 318 g/mol. The van der Waals surface area contributed by atoms with Crippen LogP contribution in [0.15, 0.2) is 53.4 Å². The predicted molar refractivity (Wildman–Crippen MR) is 83.8 cm³/mol. The van der Waals surface area contributed by atoms with Gasteiger partial charge < -0.3 is 14.8 Å². The first-order valence-electron chi connectivity index (χ1n) is 6.47. The largest absolute Gasteiger partial charge is 0.495 e. The minimum absolute atomic E-state index is 0.0275. The number of nitrogens with one attached hydrogen (secondary N) is 2. The van der Waals surface area contributed by atoms with E-state index in [1.165, 1.54) is 19.2 Å². The van der Waals surface area contributed by atoms with Gasteiger partial charge in [0.15, 0.2) is 5.88 Å². The SMILES string of the molecule is COc1ccccc1S(=O)(=O)Nc1ccc2[nH]c(O)cc2c1. The number of aromatic hydroxyl groups is 1. The van der Waals surface area contributed by atoms with E-state index in [9.17, 15) is 13.5 Å². The van der Waals surface area contributed by atoms with Crippen molar-refractivity contribution in [1.82, 2.24) is 4.98 Å². The number of methoxy groups -OCH3 is 1. The van der Waals surface area contributed by atoms with Crippen LogP contribution in [0, 0.1) is 0 Å². The van der Waals surface area contributed by atoms with Gasteiger partial charge in [-0.1, -0.05) is 12.1 Å². The highest BCUT2D eigenvalue weighted by atomic mass is 32.2. The first kappa shape index (κ1) is 14.3. The fourth-order valence-corrected chi connectivity index (χ4v) is 3.45. The van der Waals surface area contributed by atoms with Gasteiger partial charge in [0.05, 0.1) is 7.11 Å². The average Bonchev–Trinajstić information content (AvgIpc) is 2.86. The Bertz CT molecular complexity index is 932. The summed E-state index contributed by atoms with van der Waals surface area (Å²) in [5.41, 5.74) is 1.12. The molecule has 6 nitrogen and oxygen atoms in total. The zero-order chi connectivity index (χ0) is 15.7. The number of hydrogen-bond donors (Lipinski definition) is 3. The van der Waals surface area contributed by atoms with E-state index in [-0.39, 0.29) is 16.5 Å². The van der Waals surface area contributed by atoms with Gasteiger partial charge in [-0.15, -0.1) is 0 Å². The van der Waals surface area contributed by atoms with E-state index in [0.29, 0.717) is 11.1 Å². The van der Waals surface area contributed by atoms with Crippen molar-refractivity contribution in [1.29, 1.82) is 0 Å². The molecule has 114 valence electrons. The van der Waals surface area contributed by atoms with Crippen LogP contribution >= 0.6 is 0 Å². The zero-order valence-corrected chi connectivity index (χ0v) is 12.5. The number of hydrogen-bond acceptors (Lipinski definition) is 4. The summed E-state index contributed by atoms with van der Waals surface area (Å²) in [6.07, 6.45) is 0. The van der Waals surface area contributed by atoms with E-state index < -0.39 is 10.0 Å². The third kappa shape index (κ3) is 2.58. The van der Waals surface area contributed by atoms with Gasteiger partial charge in [-0.3, -0.25) is 4.72 Å². The van der Waals surface area contributed by atoms with E-state index in [1.54, 1.807) is 36.4 Å². The van der Waals surface area contributed by atoms with Crippen molar-refractivity contribution in [2.45, 2.75) is 4.90 Å². The maximum absolute atomic E-state index is 12.5. The molecule has 1 heterocycles. The van der Waals surface area contributed by atoms with Gasteiger partial charge >= 0.3 is 0 Å². The van der Waals surface area contributed by atoms with Crippen LogP contribution in [0.5, 0.6) is 11.6 Å². The van der Waals surface area contributed by atoms with Crippen molar-refractivity contribution in [2.75, 3.05) is 11.8 Å². The maximum atomic E-state index is 12.5. The summed E-state index contributed by atoms with van der Waals surface area (Å²) >= 11 is 0. The molecule has 0 bridgehead atoms.